The molecule has 1 fully saturated rings. The van der Waals surface area contributed by atoms with E-state index in [-0.39, 0.29) is 11.7 Å². The van der Waals surface area contributed by atoms with Crippen LogP contribution < -0.4 is 0 Å². The van der Waals surface area contributed by atoms with Crippen molar-refractivity contribution in [1.29, 1.82) is 0 Å². The maximum absolute atomic E-state index is 11.4. The third-order valence-corrected chi connectivity index (χ3v) is 2.46. The van der Waals surface area contributed by atoms with Gasteiger partial charge < -0.3 is 0 Å². The van der Waals surface area contributed by atoms with E-state index in [0.717, 1.165) is 12.8 Å². The van der Waals surface area contributed by atoms with E-state index in [9.17, 15) is 4.79 Å². The Morgan fingerprint density at radius 3 is 2.82 bits per heavy atom. The van der Waals surface area contributed by atoms with Crippen molar-refractivity contribution in [2.45, 2.75) is 38.7 Å². The van der Waals surface area contributed by atoms with Crippen LogP contribution in [0, 0.1) is 5.92 Å². The van der Waals surface area contributed by atoms with Crippen LogP contribution in [-0.2, 0) is 9.68 Å². The molecule has 0 aromatic heterocycles. The first kappa shape index (κ1) is 8.68. The smallest absolute Gasteiger partial charge is 0.170 e. The molecule has 0 aromatic carbocycles. The molecule has 64 valence electrons. The molecule has 11 heavy (non-hydrogen) atoms. The minimum Gasteiger partial charge on any atom is -0.296 e. The molecule has 1 rings (SSSR count). The van der Waals surface area contributed by atoms with Crippen molar-refractivity contribution in [3.8, 4) is 0 Å². The first-order valence-corrected chi connectivity index (χ1v) is 3.97. The Morgan fingerprint density at radius 2 is 2.36 bits per heavy atom. The quantitative estimate of drug-likeness (QED) is 0.466. The molecule has 0 aliphatic heterocycles. The van der Waals surface area contributed by atoms with E-state index in [1.54, 1.807) is 6.92 Å². The van der Waals surface area contributed by atoms with Gasteiger partial charge in [0.15, 0.2) is 11.4 Å². The van der Waals surface area contributed by atoms with Crippen molar-refractivity contribution >= 4 is 5.78 Å². The van der Waals surface area contributed by atoms with Gasteiger partial charge in [-0.05, 0) is 26.2 Å². The van der Waals surface area contributed by atoms with Crippen molar-refractivity contribution in [1.82, 2.24) is 0 Å². The van der Waals surface area contributed by atoms with Gasteiger partial charge in [0.2, 0.25) is 0 Å². The Kier molecular flexibility index (Phi) is 2.30. The fourth-order valence-corrected chi connectivity index (χ4v) is 1.61. The van der Waals surface area contributed by atoms with Crippen molar-refractivity contribution in [2.75, 3.05) is 0 Å². The second-order valence-corrected chi connectivity index (χ2v) is 3.48. The lowest BCUT2D eigenvalue weighted by atomic mass is 9.79. The lowest BCUT2D eigenvalue weighted by molar-refractivity contribution is -0.311. The Labute approximate surface area is 66.3 Å². The molecule has 1 aliphatic carbocycles. The Hall–Kier alpha value is -0.410. The topological polar surface area (TPSA) is 46.5 Å². The summed E-state index contributed by atoms with van der Waals surface area (Å²) in [7, 11) is 0. The van der Waals surface area contributed by atoms with Gasteiger partial charge in [0.1, 0.15) is 0 Å². The van der Waals surface area contributed by atoms with Gasteiger partial charge in [-0.15, -0.1) is 0 Å². The molecule has 0 amide bonds. The van der Waals surface area contributed by atoms with Crippen LogP contribution >= 0.6 is 0 Å². The standard InChI is InChI=1S/C8H14O3/c1-6-4-3-5-8(2,11-10)7(6)9/h6,10H,3-5H2,1-2H3. The number of carbonyl (C=O) groups is 1. The minimum atomic E-state index is -0.933. The van der Waals surface area contributed by atoms with Gasteiger partial charge in [-0.1, -0.05) is 6.92 Å². The summed E-state index contributed by atoms with van der Waals surface area (Å²) in [6, 6.07) is 0. The third kappa shape index (κ3) is 1.44. The summed E-state index contributed by atoms with van der Waals surface area (Å²) in [6.07, 6.45) is 2.49. The Bertz CT molecular complexity index is 167. The lowest BCUT2D eigenvalue weighted by Gasteiger charge is -2.31. The van der Waals surface area contributed by atoms with Gasteiger partial charge in [-0.2, -0.15) is 0 Å². The van der Waals surface area contributed by atoms with Crippen LogP contribution in [0.2, 0.25) is 0 Å². The Morgan fingerprint density at radius 1 is 1.73 bits per heavy atom. The molecule has 0 saturated heterocycles. The van der Waals surface area contributed by atoms with Gasteiger partial charge in [0.05, 0.1) is 0 Å². The zero-order chi connectivity index (χ0) is 8.48. The van der Waals surface area contributed by atoms with E-state index in [1.807, 2.05) is 6.92 Å². The summed E-state index contributed by atoms with van der Waals surface area (Å²) in [5, 5.41) is 8.52. The molecule has 3 heteroatoms. The summed E-state index contributed by atoms with van der Waals surface area (Å²) < 4.78 is 0. The van der Waals surface area contributed by atoms with Gasteiger partial charge in [0.25, 0.3) is 0 Å². The second-order valence-electron chi connectivity index (χ2n) is 3.48. The van der Waals surface area contributed by atoms with Crippen LogP contribution in [0.5, 0.6) is 0 Å². The van der Waals surface area contributed by atoms with E-state index in [2.05, 4.69) is 4.89 Å². The van der Waals surface area contributed by atoms with Crippen molar-refractivity contribution in [3.05, 3.63) is 0 Å². The average molecular weight is 158 g/mol. The summed E-state index contributed by atoms with van der Waals surface area (Å²) in [6.45, 7) is 3.52. The number of ketones is 1. The highest BCUT2D eigenvalue weighted by molar-refractivity contribution is 5.89. The number of Topliss-reactive ketones (excluding diaryl/α,β-unsaturated/α-hetero) is 1. The molecule has 0 spiro atoms. The second kappa shape index (κ2) is 2.91. The van der Waals surface area contributed by atoms with Crippen LogP contribution in [0.25, 0.3) is 0 Å². The van der Waals surface area contributed by atoms with Gasteiger partial charge in [0, 0.05) is 5.92 Å². The van der Waals surface area contributed by atoms with Gasteiger partial charge in [-0.25, -0.2) is 4.89 Å². The first-order chi connectivity index (χ1) is 5.10. The van der Waals surface area contributed by atoms with E-state index in [0.29, 0.717) is 6.42 Å². The van der Waals surface area contributed by atoms with Crippen molar-refractivity contribution in [2.24, 2.45) is 5.92 Å². The molecular formula is C8H14O3. The highest BCUT2D eigenvalue weighted by Gasteiger charge is 2.40. The summed E-state index contributed by atoms with van der Waals surface area (Å²) in [4.78, 5) is 15.6. The maximum atomic E-state index is 11.4. The number of rotatable bonds is 1. The number of carbonyl (C=O) groups excluding carboxylic acids is 1. The number of hydrogen-bond acceptors (Lipinski definition) is 3. The SMILES string of the molecule is CC1CCCC(C)(OO)C1=O. The normalized spacial score (nSPS) is 39.2. The van der Waals surface area contributed by atoms with Gasteiger partial charge >= 0.3 is 0 Å². The fourth-order valence-electron chi connectivity index (χ4n) is 1.61. The van der Waals surface area contributed by atoms with Gasteiger partial charge in [-0.3, -0.25) is 10.1 Å². The molecule has 2 atom stereocenters. The lowest BCUT2D eigenvalue weighted by Crippen LogP contribution is -2.44. The first-order valence-electron chi connectivity index (χ1n) is 3.97. The third-order valence-electron chi connectivity index (χ3n) is 2.46. The molecule has 0 aromatic rings. The minimum absolute atomic E-state index is 0.0197. The maximum Gasteiger partial charge on any atom is 0.170 e. The van der Waals surface area contributed by atoms with Crippen LogP contribution in [0.3, 0.4) is 0 Å². The van der Waals surface area contributed by atoms with Crippen molar-refractivity contribution in [3.63, 3.8) is 0 Å². The van der Waals surface area contributed by atoms with E-state index >= 15 is 0 Å². The average Bonchev–Trinajstić information content (AvgIpc) is 2.00. The molecule has 2 unspecified atom stereocenters. The summed E-state index contributed by atoms with van der Waals surface area (Å²) >= 11 is 0. The van der Waals surface area contributed by atoms with Crippen LogP contribution in [0.15, 0.2) is 0 Å². The van der Waals surface area contributed by atoms with E-state index < -0.39 is 5.60 Å². The molecule has 1 aliphatic rings. The molecule has 0 heterocycles. The summed E-state index contributed by atoms with van der Waals surface area (Å²) in [5.74, 6) is 0.0483. The largest absolute Gasteiger partial charge is 0.296 e. The predicted octanol–water partition coefficient (Wildman–Crippen LogP) is 1.62. The zero-order valence-corrected chi connectivity index (χ0v) is 6.96. The molecule has 0 radical (unpaired) electrons. The molecule has 3 nitrogen and oxygen atoms in total. The monoisotopic (exact) mass is 158 g/mol. The molecule has 1 N–H and O–H groups in total. The number of hydrogen-bond donors (Lipinski definition) is 1. The van der Waals surface area contributed by atoms with E-state index in [4.69, 9.17) is 5.26 Å². The van der Waals surface area contributed by atoms with Crippen LogP contribution in [0.4, 0.5) is 0 Å². The highest BCUT2D eigenvalue weighted by Crippen LogP contribution is 2.30. The Balaban J connectivity index is 2.72. The summed E-state index contributed by atoms with van der Waals surface area (Å²) in [5.41, 5.74) is -0.933. The zero-order valence-electron chi connectivity index (χ0n) is 6.96. The molecule has 1 saturated carbocycles. The fraction of sp³-hybridized carbons (Fsp3) is 0.875. The highest BCUT2D eigenvalue weighted by atomic mass is 17.1. The van der Waals surface area contributed by atoms with E-state index in [1.165, 1.54) is 0 Å². The molecule has 0 bridgehead atoms. The van der Waals surface area contributed by atoms with Crippen molar-refractivity contribution < 1.29 is 14.9 Å². The van der Waals surface area contributed by atoms with Crippen LogP contribution in [0.1, 0.15) is 33.1 Å². The predicted molar refractivity (Wildman–Crippen MR) is 40.1 cm³/mol. The van der Waals surface area contributed by atoms with Crippen LogP contribution in [-0.4, -0.2) is 16.6 Å². The molecular weight excluding hydrogens is 144 g/mol.